The van der Waals surface area contributed by atoms with Gasteiger partial charge in [-0.1, -0.05) is 0 Å². The molecule has 0 amide bonds. The highest BCUT2D eigenvalue weighted by molar-refractivity contribution is 4.97. The lowest BCUT2D eigenvalue weighted by molar-refractivity contribution is -0.384. The highest BCUT2D eigenvalue weighted by atomic mass is 16.8. The summed E-state index contributed by atoms with van der Waals surface area (Å²) >= 11 is 0. The minimum atomic E-state index is -1.99. The van der Waals surface area contributed by atoms with Crippen molar-refractivity contribution >= 4 is 0 Å². The maximum absolute atomic E-state index is 11.3. The van der Waals surface area contributed by atoms with Crippen LogP contribution >= 0.6 is 0 Å². The maximum atomic E-state index is 11.3. The summed E-state index contributed by atoms with van der Waals surface area (Å²) in [6.07, 6.45) is -31.3. The Morgan fingerprint density at radius 3 is 1.17 bits per heavy atom. The molecule has 4 aliphatic heterocycles. The van der Waals surface area contributed by atoms with Gasteiger partial charge < -0.3 is 104 Å². The molecule has 4 aliphatic rings. The molecule has 4 fully saturated rings. The van der Waals surface area contributed by atoms with Crippen LogP contribution in [0.2, 0.25) is 0 Å². The molecule has 0 aromatic rings. The van der Waals surface area contributed by atoms with Gasteiger partial charge in [0.1, 0.15) is 97.7 Å². The summed E-state index contributed by atoms with van der Waals surface area (Å²) in [5.74, 6) is 0. The van der Waals surface area contributed by atoms with Crippen LogP contribution in [0, 0.1) is 0 Å². The molecule has 0 saturated carbocycles. The number of ether oxygens (including phenoxy) is 10. The minimum absolute atomic E-state index is 0.629. The Balaban J connectivity index is 1.57. The van der Waals surface area contributed by atoms with Crippen LogP contribution in [-0.4, -0.2) is 227 Å². The summed E-state index contributed by atoms with van der Waals surface area (Å²) in [6, 6.07) is 0. The van der Waals surface area contributed by atoms with Crippen LogP contribution < -0.4 is 0 Å². The average molecular weight is 709 g/mol. The predicted octanol–water partition coefficient (Wildman–Crippen LogP) is -7.79. The van der Waals surface area contributed by atoms with E-state index in [1.807, 2.05) is 0 Å². The summed E-state index contributed by atoms with van der Waals surface area (Å²) < 4.78 is 54.8. The zero-order valence-electron chi connectivity index (χ0n) is 26.4. The average Bonchev–Trinajstić information content (AvgIpc) is 3.09. The standard InChI is InChI=1S/C27H48O21/c1-39-20-8(4-28)44-25(17(36)12(20)31)42-7-11-23(48-26-18(37)13(32)21(40-2)9(5-29)45-26)15(34)19(38)27(46-11)47-22-10(6-30)43-24(41-3)16(35)14(22)33/h8-38H,4-7H2,1-3H3/t8?,9?,10?,11?,12?,13?,14?,15?,16-,17-,18-,19-,20+,21+,22+,23+,24-,25-,26+,27+/m0/s1. The molecular formula is C27H48O21. The molecule has 48 heavy (non-hydrogen) atoms. The molecule has 11 N–H and O–H groups in total. The van der Waals surface area contributed by atoms with Crippen LogP contribution in [0.25, 0.3) is 0 Å². The van der Waals surface area contributed by atoms with Crippen LogP contribution in [0.5, 0.6) is 0 Å². The lowest BCUT2D eigenvalue weighted by Crippen LogP contribution is -2.67. The predicted molar refractivity (Wildman–Crippen MR) is 148 cm³/mol. The minimum Gasteiger partial charge on any atom is -0.394 e. The van der Waals surface area contributed by atoms with Crippen LogP contribution in [0.1, 0.15) is 0 Å². The van der Waals surface area contributed by atoms with E-state index in [9.17, 15) is 56.2 Å². The van der Waals surface area contributed by atoms with E-state index in [0.29, 0.717) is 0 Å². The van der Waals surface area contributed by atoms with Gasteiger partial charge in [-0.15, -0.1) is 0 Å². The van der Waals surface area contributed by atoms with Crippen molar-refractivity contribution < 1.29 is 104 Å². The first kappa shape index (κ1) is 39.9. The van der Waals surface area contributed by atoms with Crippen molar-refractivity contribution in [3.05, 3.63) is 0 Å². The fraction of sp³-hybridized carbons (Fsp3) is 1.00. The molecule has 4 heterocycles. The largest absolute Gasteiger partial charge is 0.394 e. The first-order chi connectivity index (χ1) is 22.9. The lowest BCUT2D eigenvalue weighted by Gasteiger charge is -2.48. The van der Waals surface area contributed by atoms with E-state index in [4.69, 9.17) is 47.4 Å². The molecular weight excluding hydrogens is 660 g/mol. The Morgan fingerprint density at radius 1 is 0.396 bits per heavy atom. The number of aliphatic hydroxyl groups excluding tert-OH is 11. The molecule has 0 aromatic carbocycles. The van der Waals surface area contributed by atoms with E-state index in [2.05, 4.69) is 0 Å². The van der Waals surface area contributed by atoms with Gasteiger partial charge in [-0.2, -0.15) is 0 Å². The third kappa shape index (κ3) is 8.12. The van der Waals surface area contributed by atoms with Gasteiger partial charge in [-0.25, -0.2) is 0 Å². The monoisotopic (exact) mass is 708 g/mol. The number of methoxy groups -OCH3 is 3. The molecule has 21 heteroatoms. The SMILES string of the molecule is CO[C@@H]1C(CO)O[C@H](O[C@@H]2C(CO[C@H]3OC(CO)[C@@H](OC)C(O)[C@@H]3O)O[C@H](O[C@@H]3C(CO)O[C@H](OC)[C@@H](O)C3O)[C@@H](O)C2O)[C@@H](O)C1O. The first-order valence-corrected chi connectivity index (χ1v) is 15.3. The molecule has 20 atom stereocenters. The van der Waals surface area contributed by atoms with Crippen molar-refractivity contribution in [2.75, 3.05) is 47.8 Å². The van der Waals surface area contributed by atoms with Gasteiger partial charge in [0, 0.05) is 21.3 Å². The molecule has 4 rings (SSSR count). The molecule has 0 radical (unpaired) electrons. The topological polar surface area (TPSA) is 315 Å². The number of hydrogen-bond acceptors (Lipinski definition) is 21. The van der Waals surface area contributed by atoms with Crippen LogP contribution in [0.3, 0.4) is 0 Å². The second-order valence-electron chi connectivity index (χ2n) is 11.8. The number of hydrogen-bond donors (Lipinski definition) is 11. The number of aliphatic hydroxyl groups is 11. The van der Waals surface area contributed by atoms with Crippen LogP contribution in [-0.2, 0) is 47.4 Å². The van der Waals surface area contributed by atoms with Gasteiger partial charge in [-0.05, 0) is 0 Å². The van der Waals surface area contributed by atoms with E-state index in [1.165, 1.54) is 21.3 Å². The molecule has 0 spiro atoms. The molecule has 8 unspecified atom stereocenters. The third-order valence-electron chi connectivity index (χ3n) is 8.89. The Bertz CT molecular complexity index is 960. The van der Waals surface area contributed by atoms with E-state index in [1.54, 1.807) is 0 Å². The van der Waals surface area contributed by atoms with Crippen molar-refractivity contribution in [3.8, 4) is 0 Å². The van der Waals surface area contributed by atoms with Gasteiger partial charge in [0.05, 0.1) is 26.4 Å². The Labute approximate surface area is 274 Å². The van der Waals surface area contributed by atoms with Crippen molar-refractivity contribution in [1.29, 1.82) is 0 Å². The summed E-state index contributed by atoms with van der Waals surface area (Å²) in [5, 5.41) is 115. The Morgan fingerprint density at radius 2 is 0.729 bits per heavy atom. The summed E-state index contributed by atoms with van der Waals surface area (Å²) in [7, 11) is 3.65. The van der Waals surface area contributed by atoms with Crippen molar-refractivity contribution in [1.82, 2.24) is 0 Å². The smallest absolute Gasteiger partial charge is 0.187 e. The molecule has 21 nitrogen and oxygen atoms in total. The van der Waals surface area contributed by atoms with Gasteiger partial charge in [-0.3, -0.25) is 0 Å². The summed E-state index contributed by atoms with van der Waals surface area (Å²) in [5.41, 5.74) is 0. The molecule has 282 valence electrons. The second-order valence-corrected chi connectivity index (χ2v) is 11.8. The number of rotatable bonds is 13. The van der Waals surface area contributed by atoms with Gasteiger partial charge in [0.2, 0.25) is 0 Å². The van der Waals surface area contributed by atoms with Crippen molar-refractivity contribution in [2.45, 2.75) is 123 Å². The fourth-order valence-electron chi connectivity index (χ4n) is 6.17. The van der Waals surface area contributed by atoms with Crippen LogP contribution in [0.4, 0.5) is 0 Å². The molecule has 4 saturated heterocycles. The lowest BCUT2D eigenvalue weighted by atomic mass is 9.96. The quantitative estimate of drug-likeness (QED) is 0.0846. The van der Waals surface area contributed by atoms with E-state index in [0.717, 1.165) is 0 Å². The van der Waals surface area contributed by atoms with Gasteiger partial charge >= 0.3 is 0 Å². The first-order valence-electron chi connectivity index (χ1n) is 15.3. The van der Waals surface area contributed by atoms with E-state index in [-0.39, 0.29) is 0 Å². The third-order valence-corrected chi connectivity index (χ3v) is 8.89. The maximum Gasteiger partial charge on any atom is 0.187 e. The molecule has 0 aliphatic carbocycles. The molecule has 0 bridgehead atoms. The van der Waals surface area contributed by atoms with Gasteiger partial charge in [0.25, 0.3) is 0 Å². The summed E-state index contributed by atoms with van der Waals surface area (Å²) in [6.45, 7) is -2.71. The van der Waals surface area contributed by atoms with E-state index >= 15 is 0 Å². The normalized spacial score (nSPS) is 50.4. The zero-order chi connectivity index (χ0) is 35.4. The van der Waals surface area contributed by atoms with Gasteiger partial charge in [0.15, 0.2) is 25.2 Å². The Kier molecular flexibility index (Phi) is 14.6. The van der Waals surface area contributed by atoms with E-state index < -0.39 is 149 Å². The Hall–Kier alpha value is -0.840. The highest BCUT2D eigenvalue weighted by Crippen LogP contribution is 2.34. The summed E-state index contributed by atoms with van der Waals surface area (Å²) in [4.78, 5) is 0. The zero-order valence-corrected chi connectivity index (χ0v) is 26.4. The second kappa shape index (κ2) is 17.6. The van der Waals surface area contributed by atoms with Crippen molar-refractivity contribution in [2.24, 2.45) is 0 Å². The van der Waals surface area contributed by atoms with Crippen LogP contribution in [0.15, 0.2) is 0 Å². The fourth-order valence-corrected chi connectivity index (χ4v) is 6.17. The highest BCUT2D eigenvalue weighted by Gasteiger charge is 2.54. The molecule has 0 aromatic heterocycles. The van der Waals surface area contributed by atoms with Crippen molar-refractivity contribution in [3.63, 3.8) is 0 Å².